The summed E-state index contributed by atoms with van der Waals surface area (Å²) in [6.07, 6.45) is 7.51. The number of benzene rings is 1. The van der Waals surface area contributed by atoms with Gasteiger partial charge in [0.1, 0.15) is 5.75 Å². The zero-order chi connectivity index (χ0) is 19.0. The summed E-state index contributed by atoms with van der Waals surface area (Å²) in [7, 11) is 1.70. The first-order valence-corrected chi connectivity index (χ1v) is 9.11. The number of aromatic nitrogens is 4. The maximum Gasteiger partial charge on any atom is 0.276 e. The van der Waals surface area contributed by atoms with Crippen molar-refractivity contribution in [2.24, 2.45) is 0 Å². The monoisotopic (exact) mass is 362 g/mol. The second kappa shape index (κ2) is 6.95. The predicted molar refractivity (Wildman–Crippen MR) is 103 cm³/mol. The number of hydrogen-bond donors (Lipinski definition) is 0. The highest BCUT2D eigenvalue weighted by Crippen LogP contribution is 2.35. The van der Waals surface area contributed by atoms with E-state index in [0.29, 0.717) is 11.7 Å². The molecule has 0 saturated carbocycles. The van der Waals surface area contributed by atoms with E-state index in [9.17, 15) is 4.79 Å². The van der Waals surface area contributed by atoms with E-state index >= 15 is 0 Å². The summed E-state index contributed by atoms with van der Waals surface area (Å²) in [5, 5.41) is 4.35. The Bertz CT molecular complexity index is 1040. The van der Waals surface area contributed by atoms with Crippen molar-refractivity contribution in [1.29, 1.82) is 0 Å². The van der Waals surface area contributed by atoms with E-state index in [1.807, 2.05) is 19.1 Å². The van der Waals surface area contributed by atoms with Crippen molar-refractivity contribution < 1.29 is 4.74 Å². The number of rotatable bonds is 3. The topological polar surface area (TPSA) is 69.9 Å². The number of aryl methyl sites for hydroxylation is 1. The molecule has 0 radical (unpaired) electrons. The highest BCUT2D eigenvalue weighted by Gasteiger charge is 2.25. The van der Waals surface area contributed by atoms with Gasteiger partial charge in [0.05, 0.1) is 31.4 Å². The van der Waals surface area contributed by atoms with E-state index in [4.69, 9.17) is 4.74 Å². The summed E-state index contributed by atoms with van der Waals surface area (Å²) in [5.74, 6) is 1.73. The average Bonchev–Trinajstić information content (AvgIpc) is 2.69. The van der Waals surface area contributed by atoms with E-state index in [1.165, 1.54) is 15.8 Å². The van der Waals surface area contributed by atoms with Gasteiger partial charge in [0.25, 0.3) is 5.56 Å². The van der Waals surface area contributed by atoms with Crippen LogP contribution in [-0.2, 0) is 12.8 Å². The van der Waals surface area contributed by atoms with Gasteiger partial charge in [0.2, 0.25) is 0 Å². The van der Waals surface area contributed by atoms with E-state index in [-0.39, 0.29) is 5.56 Å². The fraction of sp³-hybridized carbons (Fsp3) is 0.333. The molecule has 0 saturated heterocycles. The molecule has 1 aliphatic rings. The molecule has 2 heterocycles. The Balaban J connectivity index is 1.68. The maximum absolute atomic E-state index is 12.9. The summed E-state index contributed by atoms with van der Waals surface area (Å²) in [6.45, 7) is 3.95. The van der Waals surface area contributed by atoms with Gasteiger partial charge < -0.3 is 4.74 Å². The molecule has 0 fully saturated rings. The summed E-state index contributed by atoms with van der Waals surface area (Å²) >= 11 is 0. The van der Waals surface area contributed by atoms with Gasteiger partial charge in [-0.05, 0) is 61.8 Å². The molecule has 0 spiro atoms. The molecule has 1 unspecified atom stereocenters. The third-order valence-corrected chi connectivity index (χ3v) is 5.35. The lowest BCUT2D eigenvalue weighted by Gasteiger charge is -2.26. The van der Waals surface area contributed by atoms with Gasteiger partial charge in [0, 0.05) is 5.56 Å². The van der Waals surface area contributed by atoms with Gasteiger partial charge in [0.15, 0.2) is 5.82 Å². The lowest BCUT2D eigenvalue weighted by molar-refractivity contribution is 0.409. The van der Waals surface area contributed by atoms with Crippen LogP contribution in [0.2, 0.25) is 0 Å². The average molecular weight is 362 g/mol. The molecule has 0 N–H and O–H groups in total. The highest BCUT2D eigenvalue weighted by atomic mass is 16.5. The minimum absolute atomic E-state index is 0.0912. The molecular formula is C21H22N4O2. The molecule has 0 aliphatic heterocycles. The van der Waals surface area contributed by atoms with Crippen LogP contribution in [0.25, 0.3) is 5.82 Å². The van der Waals surface area contributed by atoms with Gasteiger partial charge in [-0.3, -0.25) is 9.78 Å². The summed E-state index contributed by atoms with van der Waals surface area (Å²) in [6, 6.07) is 6.17. The Morgan fingerprint density at radius 2 is 2.00 bits per heavy atom. The van der Waals surface area contributed by atoms with Gasteiger partial charge in [-0.2, -0.15) is 9.78 Å². The van der Waals surface area contributed by atoms with E-state index < -0.39 is 0 Å². The Morgan fingerprint density at radius 3 is 2.74 bits per heavy atom. The van der Waals surface area contributed by atoms with E-state index in [1.54, 1.807) is 25.7 Å². The van der Waals surface area contributed by atoms with Crippen molar-refractivity contribution in [3.63, 3.8) is 0 Å². The molecule has 3 aromatic rings. The number of fused-ring (bicyclic) bond motifs is 1. The summed E-state index contributed by atoms with van der Waals surface area (Å²) in [5.41, 5.74) is 5.03. The van der Waals surface area contributed by atoms with Crippen LogP contribution in [0, 0.1) is 13.8 Å². The Morgan fingerprint density at radius 1 is 1.15 bits per heavy atom. The van der Waals surface area contributed by atoms with E-state index in [0.717, 1.165) is 41.8 Å². The second-order valence-corrected chi connectivity index (χ2v) is 7.00. The maximum atomic E-state index is 12.9. The number of hydrogen-bond acceptors (Lipinski definition) is 5. The van der Waals surface area contributed by atoms with Crippen LogP contribution in [0.1, 0.15) is 40.3 Å². The normalized spacial score (nSPS) is 16.0. The molecule has 2 aromatic heterocycles. The van der Waals surface area contributed by atoms with Crippen LogP contribution in [-0.4, -0.2) is 26.9 Å². The Kier molecular flexibility index (Phi) is 4.48. The standard InChI is InChI=1S/C21H22N4O2/c1-13-10-23-20(12-22-13)25-21(26)18-8-7-15(9-16(18)11-24-25)17-5-4-6-19(27-3)14(17)2/h4-6,10-12,15H,7-9H2,1-3H3. The van der Waals surface area contributed by atoms with Crippen LogP contribution in [0.5, 0.6) is 5.75 Å². The van der Waals surface area contributed by atoms with Gasteiger partial charge in [-0.15, -0.1) is 0 Å². The quantitative estimate of drug-likeness (QED) is 0.716. The zero-order valence-corrected chi connectivity index (χ0v) is 15.8. The number of methoxy groups -OCH3 is 1. The van der Waals surface area contributed by atoms with Crippen molar-refractivity contribution in [2.75, 3.05) is 7.11 Å². The smallest absolute Gasteiger partial charge is 0.276 e. The number of ether oxygens (including phenoxy) is 1. The van der Waals surface area contributed by atoms with Crippen molar-refractivity contribution in [3.8, 4) is 11.6 Å². The van der Waals surface area contributed by atoms with Crippen LogP contribution in [0.4, 0.5) is 0 Å². The van der Waals surface area contributed by atoms with Crippen LogP contribution < -0.4 is 10.3 Å². The third kappa shape index (κ3) is 3.12. The predicted octanol–water partition coefficient (Wildman–Crippen LogP) is 2.92. The lowest BCUT2D eigenvalue weighted by atomic mass is 9.79. The highest BCUT2D eigenvalue weighted by molar-refractivity contribution is 5.43. The molecule has 4 rings (SSSR count). The zero-order valence-electron chi connectivity index (χ0n) is 15.8. The molecule has 1 atom stereocenters. The van der Waals surface area contributed by atoms with Crippen molar-refractivity contribution in [3.05, 3.63) is 75.1 Å². The van der Waals surface area contributed by atoms with Crippen LogP contribution >= 0.6 is 0 Å². The summed E-state index contributed by atoms with van der Waals surface area (Å²) < 4.78 is 6.81. The second-order valence-electron chi connectivity index (χ2n) is 7.00. The van der Waals surface area contributed by atoms with E-state index in [2.05, 4.69) is 28.1 Å². The molecular weight excluding hydrogens is 340 g/mol. The molecule has 6 nitrogen and oxygen atoms in total. The minimum Gasteiger partial charge on any atom is -0.496 e. The first kappa shape index (κ1) is 17.4. The molecule has 0 amide bonds. The largest absolute Gasteiger partial charge is 0.496 e. The molecule has 0 bridgehead atoms. The lowest BCUT2D eigenvalue weighted by Crippen LogP contribution is -2.30. The minimum atomic E-state index is -0.0912. The third-order valence-electron chi connectivity index (χ3n) is 5.35. The molecule has 1 aromatic carbocycles. The Labute approximate surface area is 157 Å². The van der Waals surface area contributed by atoms with Crippen molar-refractivity contribution >= 4 is 0 Å². The molecule has 1 aliphatic carbocycles. The van der Waals surface area contributed by atoms with Gasteiger partial charge >= 0.3 is 0 Å². The SMILES string of the molecule is COc1cccc(C2CCc3c(cnn(-c4cnc(C)cn4)c3=O)C2)c1C. The fourth-order valence-corrected chi connectivity index (χ4v) is 3.87. The molecule has 27 heavy (non-hydrogen) atoms. The molecule has 6 heteroatoms. The van der Waals surface area contributed by atoms with Crippen molar-refractivity contribution in [2.45, 2.75) is 39.0 Å². The summed E-state index contributed by atoms with van der Waals surface area (Å²) in [4.78, 5) is 21.4. The van der Waals surface area contributed by atoms with Crippen LogP contribution in [0.3, 0.4) is 0 Å². The van der Waals surface area contributed by atoms with Gasteiger partial charge in [-0.25, -0.2) is 4.98 Å². The first-order chi connectivity index (χ1) is 13.1. The molecule has 138 valence electrons. The fourth-order valence-electron chi connectivity index (χ4n) is 3.87. The Hall–Kier alpha value is -3.02. The number of nitrogens with zero attached hydrogens (tertiary/aromatic N) is 4. The first-order valence-electron chi connectivity index (χ1n) is 9.11. The van der Waals surface area contributed by atoms with Crippen molar-refractivity contribution in [1.82, 2.24) is 19.7 Å². The van der Waals surface area contributed by atoms with Gasteiger partial charge in [-0.1, -0.05) is 12.1 Å². The van der Waals surface area contributed by atoms with Crippen LogP contribution in [0.15, 0.2) is 41.6 Å².